The molecule has 3 heterocycles. The van der Waals surface area contributed by atoms with Crippen molar-refractivity contribution in [1.82, 2.24) is 15.0 Å². The summed E-state index contributed by atoms with van der Waals surface area (Å²) in [6.07, 6.45) is -7.07. The largest absolute Gasteiger partial charge is 0.417 e. The van der Waals surface area contributed by atoms with Crippen molar-refractivity contribution >= 4 is 68.3 Å². The van der Waals surface area contributed by atoms with Crippen LogP contribution in [-0.2, 0) is 12.4 Å². The molecule has 0 radical (unpaired) electrons. The predicted octanol–water partition coefficient (Wildman–Crippen LogP) is 10.3. The van der Waals surface area contributed by atoms with Gasteiger partial charge in [0.05, 0.1) is 37.2 Å². The van der Waals surface area contributed by atoms with Crippen LogP contribution >= 0.6 is 34.5 Å². The maximum atomic E-state index is 13.4. The van der Waals surface area contributed by atoms with Gasteiger partial charge in [-0.05, 0) is 81.9 Å². The van der Waals surface area contributed by atoms with Gasteiger partial charge >= 0.3 is 24.4 Å². The molecule has 0 bridgehead atoms. The fourth-order valence-corrected chi connectivity index (χ4v) is 7.10. The SMILES string of the molecule is Cc1csc2c(C3CCN(CCCCN(C(=O)Nc4cccc(C(F)(F)F)c4Cl)C(=O)Nc4cccc(C(F)(F)F)c4Cl)CC3)noc12. The molecule has 4 amide bonds. The highest BCUT2D eigenvalue weighted by atomic mass is 35.5. The predicted molar refractivity (Wildman–Crippen MR) is 172 cm³/mol. The van der Waals surface area contributed by atoms with Crippen LogP contribution in [0.15, 0.2) is 46.3 Å². The fourth-order valence-electron chi connectivity index (χ4n) is 5.51. The average Bonchev–Trinajstić information content (AvgIpc) is 3.61. The maximum Gasteiger partial charge on any atom is 0.417 e. The van der Waals surface area contributed by atoms with Gasteiger partial charge in [0, 0.05) is 18.0 Å². The van der Waals surface area contributed by atoms with Crippen molar-refractivity contribution in [2.24, 2.45) is 0 Å². The van der Waals surface area contributed by atoms with Crippen LogP contribution in [0.4, 0.5) is 47.3 Å². The molecule has 48 heavy (non-hydrogen) atoms. The zero-order valence-electron chi connectivity index (χ0n) is 25.3. The number of unbranched alkanes of at least 4 members (excludes halogenated alkanes) is 1. The number of carbonyl (C=O) groups excluding carboxylic acids is 2. The number of thiophene rings is 1. The van der Waals surface area contributed by atoms with Gasteiger partial charge in [-0.1, -0.05) is 40.5 Å². The quantitative estimate of drug-likeness (QED) is 0.139. The Morgan fingerprint density at radius 2 is 1.48 bits per heavy atom. The topological polar surface area (TPSA) is 90.7 Å². The normalized spacial score (nSPS) is 14.8. The van der Waals surface area contributed by atoms with Crippen LogP contribution in [-0.4, -0.2) is 53.2 Å². The monoisotopic (exact) mass is 735 g/mol. The van der Waals surface area contributed by atoms with Crippen molar-refractivity contribution in [1.29, 1.82) is 0 Å². The highest BCUT2D eigenvalue weighted by Crippen LogP contribution is 2.40. The summed E-state index contributed by atoms with van der Waals surface area (Å²) in [6.45, 7) is 3.98. The standard InChI is InChI=1S/C31H29Cl2F6N5O3S/c1-17-16-48-27-25(42-47-26(17)27)18-10-14-43(15-11-18)12-2-3-13-44(28(45)40-21-8-4-6-19(23(21)32)30(34,35)36)29(46)41-22-9-5-7-20(24(22)33)31(37,38)39/h4-9,16,18H,2-3,10-15H2,1H3,(H,40,45)(H,41,46). The van der Waals surface area contributed by atoms with E-state index in [4.69, 9.17) is 27.7 Å². The third kappa shape index (κ3) is 8.01. The number of piperidine rings is 1. The van der Waals surface area contributed by atoms with Crippen molar-refractivity contribution in [3.8, 4) is 0 Å². The Hall–Kier alpha value is -3.53. The fraction of sp³-hybridized carbons (Fsp3) is 0.387. The highest BCUT2D eigenvalue weighted by molar-refractivity contribution is 7.17. The van der Waals surface area contributed by atoms with E-state index in [1.54, 1.807) is 11.3 Å². The van der Waals surface area contributed by atoms with Crippen LogP contribution in [0.1, 0.15) is 54.0 Å². The number of hydrogen-bond donors (Lipinski definition) is 2. The second-order valence-corrected chi connectivity index (χ2v) is 12.9. The zero-order chi connectivity index (χ0) is 34.8. The molecule has 0 atom stereocenters. The van der Waals surface area contributed by atoms with E-state index >= 15 is 0 Å². The number of amides is 4. The number of aromatic nitrogens is 1. The molecule has 0 aliphatic carbocycles. The molecular formula is C31H29Cl2F6N5O3S. The smallest absolute Gasteiger partial charge is 0.355 e. The van der Waals surface area contributed by atoms with Gasteiger partial charge in [0.1, 0.15) is 5.69 Å². The average molecular weight is 737 g/mol. The Kier molecular flexibility index (Phi) is 10.8. The number of aryl methyl sites for hydroxylation is 1. The molecule has 258 valence electrons. The van der Waals surface area contributed by atoms with Gasteiger partial charge in [0.15, 0.2) is 5.58 Å². The number of urea groups is 2. The van der Waals surface area contributed by atoms with E-state index in [2.05, 4.69) is 20.7 Å². The molecule has 0 spiro atoms. The first-order valence-corrected chi connectivity index (χ1v) is 16.4. The summed E-state index contributed by atoms with van der Waals surface area (Å²) in [5.41, 5.74) is -0.365. The summed E-state index contributed by atoms with van der Waals surface area (Å²) in [5, 5.41) is 9.21. The minimum Gasteiger partial charge on any atom is -0.355 e. The number of anilines is 2. The lowest BCUT2D eigenvalue weighted by Gasteiger charge is -2.31. The number of imide groups is 1. The van der Waals surface area contributed by atoms with E-state index in [0.717, 1.165) is 83.9 Å². The molecule has 1 aliphatic rings. The number of alkyl halides is 6. The van der Waals surface area contributed by atoms with E-state index in [0.29, 0.717) is 17.9 Å². The first-order valence-electron chi connectivity index (χ1n) is 14.8. The molecule has 0 saturated carbocycles. The molecule has 1 saturated heterocycles. The summed E-state index contributed by atoms with van der Waals surface area (Å²) >= 11 is 13.5. The lowest BCUT2D eigenvalue weighted by atomic mass is 9.93. The van der Waals surface area contributed by atoms with E-state index in [1.807, 2.05) is 12.3 Å². The van der Waals surface area contributed by atoms with Gasteiger partial charge in [-0.3, -0.25) is 0 Å². The van der Waals surface area contributed by atoms with Gasteiger partial charge in [0.25, 0.3) is 0 Å². The van der Waals surface area contributed by atoms with Crippen LogP contribution in [0.25, 0.3) is 10.3 Å². The number of halogens is 8. The third-order valence-corrected chi connectivity index (χ3v) is 9.96. The van der Waals surface area contributed by atoms with Crippen LogP contribution < -0.4 is 10.6 Å². The Labute approximate surface area is 284 Å². The van der Waals surface area contributed by atoms with Crippen molar-refractivity contribution in [3.05, 3.63) is 74.2 Å². The van der Waals surface area contributed by atoms with Gasteiger partial charge in [-0.25, -0.2) is 14.5 Å². The van der Waals surface area contributed by atoms with Crippen LogP contribution in [0.2, 0.25) is 10.0 Å². The van der Waals surface area contributed by atoms with Crippen LogP contribution in [0, 0.1) is 6.92 Å². The molecule has 2 aromatic heterocycles. The number of fused-ring (bicyclic) bond motifs is 1. The Bertz CT molecular complexity index is 1710. The van der Waals surface area contributed by atoms with E-state index in [9.17, 15) is 35.9 Å². The minimum atomic E-state index is -4.81. The number of nitrogens with zero attached hydrogens (tertiary/aromatic N) is 3. The van der Waals surface area contributed by atoms with Gasteiger partial charge in [-0.2, -0.15) is 26.3 Å². The Morgan fingerprint density at radius 1 is 0.938 bits per heavy atom. The Balaban J connectivity index is 1.24. The first-order chi connectivity index (χ1) is 22.6. The molecule has 2 aromatic carbocycles. The second-order valence-electron chi connectivity index (χ2n) is 11.3. The first kappa shape index (κ1) is 35.8. The number of nitrogens with one attached hydrogen (secondary N) is 2. The van der Waals surface area contributed by atoms with Crippen LogP contribution in [0.3, 0.4) is 0 Å². The molecule has 0 unspecified atom stereocenters. The van der Waals surface area contributed by atoms with Gasteiger partial charge in [-0.15, -0.1) is 11.3 Å². The van der Waals surface area contributed by atoms with Gasteiger partial charge in [0.2, 0.25) is 0 Å². The molecule has 5 rings (SSSR count). The van der Waals surface area contributed by atoms with Crippen molar-refractivity contribution in [2.75, 3.05) is 36.8 Å². The highest BCUT2D eigenvalue weighted by Gasteiger charge is 2.36. The van der Waals surface area contributed by atoms with Gasteiger partial charge < -0.3 is 20.1 Å². The third-order valence-electron chi connectivity index (χ3n) is 8.05. The molecule has 8 nitrogen and oxygen atoms in total. The summed E-state index contributed by atoms with van der Waals surface area (Å²) in [6, 6.07) is 3.51. The van der Waals surface area contributed by atoms with Crippen molar-refractivity contribution in [3.63, 3.8) is 0 Å². The maximum absolute atomic E-state index is 13.4. The molecule has 17 heteroatoms. The number of likely N-dealkylation sites (tertiary alicyclic amines) is 1. The summed E-state index contributed by atoms with van der Waals surface area (Å²) in [7, 11) is 0. The Morgan fingerprint density at radius 3 is 2.00 bits per heavy atom. The number of benzene rings is 2. The second kappa shape index (κ2) is 14.5. The van der Waals surface area contributed by atoms with E-state index in [1.165, 1.54) is 0 Å². The molecule has 4 aromatic rings. The van der Waals surface area contributed by atoms with Crippen molar-refractivity contribution in [2.45, 2.75) is 50.9 Å². The lowest BCUT2D eigenvalue weighted by molar-refractivity contribution is -0.138. The zero-order valence-corrected chi connectivity index (χ0v) is 27.6. The van der Waals surface area contributed by atoms with Crippen molar-refractivity contribution < 1.29 is 40.5 Å². The molecule has 2 N–H and O–H groups in total. The number of carbonyl (C=O) groups is 2. The van der Waals surface area contributed by atoms with Crippen LogP contribution in [0.5, 0.6) is 0 Å². The molecule has 1 aliphatic heterocycles. The molecule has 1 fully saturated rings. The summed E-state index contributed by atoms with van der Waals surface area (Å²) < 4.78 is 86.9. The number of hydrogen-bond acceptors (Lipinski definition) is 6. The lowest BCUT2D eigenvalue weighted by Crippen LogP contribution is -2.43. The number of rotatable bonds is 8. The van der Waals surface area contributed by atoms with E-state index in [-0.39, 0.29) is 18.9 Å². The summed E-state index contributed by atoms with van der Waals surface area (Å²) in [4.78, 5) is 29.5. The summed E-state index contributed by atoms with van der Waals surface area (Å²) in [5.74, 6) is 0.258. The molecular weight excluding hydrogens is 707 g/mol. The minimum absolute atomic E-state index is 0.212. The van der Waals surface area contributed by atoms with E-state index < -0.39 is 57.0 Å².